The van der Waals surface area contributed by atoms with Gasteiger partial charge in [0.15, 0.2) is 0 Å². The van der Waals surface area contributed by atoms with Crippen LogP contribution in [-0.2, 0) is 13.0 Å². The van der Waals surface area contributed by atoms with Crippen LogP contribution in [0, 0.1) is 0 Å². The van der Waals surface area contributed by atoms with Crippen molar-refractivity contribution in [2.75, 3.05) is 33.2 Å². The van der Waals surface area contributed by atoms with Crippen LogP contribution in [0.3, 0.4) is 0 Å². The number of fused-ring (bicyclic) bond motifs is 1. The van der Waals surface area contributed by atoms with Gasteiger partial charge in [0.25, 0.3) is 5.56 Å². The number of nitrogens with zero attached hydrogens (tertiary/aromatic N) is 3. The van der Waals surface area contributed by atoms with Crippen LogP contribution in [0.1, 0.15) is 23.1 Å². The van der Waals surface area contributed by atoms with Crippen LogP contribution in [0.2, 0.25) is 0 Å². The van der Waals surface area contributed by atoms with Gasteiger partial charge in [-0.05, 0) is 48.7 Å². The number of benzene rings is 1. The van der Waals surface area contributed by atoms with Gasteiger partial charge in [0.1, 0.15) is 5.75 Å². The highest BCUT2D eigenvalue weighted by atomic mass is 16.3. The Kier molecular flexibility index (Phi) is 4.66. The van der Waals surface area contributed by atoms with Crippen LogP contribution in [-0.4, -0.2) is 52.7 Å². The molecule has 0 radical (unpaired) electrons. The predicted molar refractivity (Wildman–Crippen MR) is 104 cm³/mol. The van der Waals surface area contributed by atoms with Crippen LogP contribution in [0.25, 0.3) is 11.8 Å². The Bertz CT molecular complexity index is 892. The lowest BCUT2D eigenvalue weighted by Gasteiger charge is -2.32. The summed E-state index contributed by atoms with van der Waals surface area (Å²) in [5, 5.41) is 9.43. The van der Waals surface area contributed by atoms with E-state index in [0.717, 1.165) is 51.3 Å². The quantitative estimate of drug-likeness (QED) is 0.921. The Labute approximate surface area is 153 Å². The molecule has 1 fully saturated rings. The van der Waals surface area contributed by atoms with Crippen molar-refractivity contribution in [3.63, 3.8) is 0 Å². The van der Waals surface area contributed by atoms with Gasteiger partial charge in [0.2, 0.25) is 0 Å². The molecule has 1 aliphatic heterocycles. The first-order chi connectivity index (χ1) is 12.6. The zero-order valence-electron chi connectivity index (χ0n) is 15.2. The zero-order chi connectivity index (χ0) is 18.1. The first kappa shape index (κ1) is 17.1. The van der Waals surface area contributed by atoms with Crippen molar-refractivity contribution in [3.8, 4) is 5.75 Å². The maximum atomic E-state index is 12.1. The van der Waals surface area contributed by atoms with Gasteiger partial charge in [-0.2, -0.15) is 0 Å². The minimum Gasteiger partial charge on any atom is -0.508 e. The fourth-order valence-corrected chi connectivity index (χ4v) is 3.79. The molecule has 2 heterocycles. The molecule has 5 nitrogen and oxygen atoms in total. The first-order valence-corrected chi connectivity index (χ1v) is 9.24. The van der Waals surface area contributed by atoms with Crippen molar-refractivity contribution in [1.82, 2.24) is 14.4 Å². The zero-order valence-corrected chi connectivity index (χ0v) is 15.2. The smallest absolute Gasteiger partial charge is 0.258 e. The summed E-state index contributed by atoms with van der Waals surface area (Å²) in [5.74, 6) is 0.0107. The molecule has 1 aliphatic carbocycles. The molecule has 0 bridgehead atoms. The van der Waals surface area contributed by atoms with Gasteiger partial charge in [-0.15, -0.1) is 0 Å². The van der Waals surface area contributed by atoms with E-state index in [1.165, 1.54) is 22.8 Å². The Morgan fingerprint density at radius 3 is 2.62 bits per heavy atom. The molecule has 2 aliphatic rings. The van der Waals surface area contributed by atoms with E-state index in [4.69, 9.17) is 0 Å². The third kappa shape index (κ3) is 3.59. The summed E-state index contributed by atoms with van der Waals surface area (Å²) in [7, 11) is 2.18. The van der Waals surface area contributed by atoms with Crippen molar-refractivity contribution in [3.05, 3.63) is 63.6 Å². The average molecular weight is 351 g/mol. The second-order valence-electron chi connectivity index (χ2n) is 7.34. The average Bonchev–Trinajstić information content (AvgIpc) is 2.63. The normalized spacial score (nSPS) is 18.4. The van der Waals surface area contributed by atoms with Gasteiger partial charge >= 0.3 is 0 Å². The minimum absolute atomic E-state index is 0.0107. The summed E-state index contributed by atoms with van der Waals surface area (Å²) in [6.45, 7) is 5.54. The van der Waals surface area contributed by atoms with Gasteiger partial charge in [0, 0.05) is 50.7 Å². The molecule has 1 N–H and O–H groups in total. The minimum atomic E-state index is -0.189. The molecule has 0 amide bonds. The SMILES string of the molecule is CN1CCN(Cc2ccc3c(c2)CCC(n2ccc(O)cc2=O)=C3)CC1. The van der Waals surface area contributed by atoms with Crippen molar-refractivity contribution in [2.45, 2.75) is 19.4 Å². The second-order valence-corrected chi connectivity index (χ2v) is 7.34. The maximum Gasteiger partial charge on any atom is 0.258 e. The van der Waals surface area contributed by atoms with Gasteiger partial charge < -0.3 is 10.0 Å². The molecule has 5 heteroatoms. The maximum absolute atomic E-state index is 12.1. The number of hydrogen-bond donors (Lipinski definition) is 1. The van der Waals surface area contributed by atoms with Crippen molar-refractivity contribution >= 4 is 11.8 Å². The fourth-order valence-electron chi connectivity index (χ4n) is 3.79. The molecular weight excluding hydrogens is 326 g/mol. The highest BCUT2D eigenvalue weighted by Crippen LogP contribution is 2.27. The molecule has 1 saturated heterocycles. The van der Waals surface area contributed by atoms with Crippen LogP contribution in [0.15, 0.2) is 41.3 Å². The highest BCUT2D eigenvalue weighted by molar-refractivity contribution is 5.75. The Morgan fingerprint density at radius 1 is 1.04 bits per heavy atom. The third-order valence-electron chi connectivity index (χ3n) is 5.39. The molecule has 0 unspecified atom stereocenters. The van der Waals surface area contributed by atoms with Crippen molar-refractivity contribution in [1.29, 1.82) is 0 Å². The molecule has 26 heavy (non-hydrogen) atoms. The number of rotatable bonds is 3. The number of aryl methyl sites for hydroxylation is 1. The van der Waals surface area contributed by atoms with E-state index in [9.17, 15) is 9.90 Å². The number of allylic oxidation sites excluding steroid dienone is 1. The van der Waals surface area contributed by atoms with Crippen LogP contribution < -0.4 is 5.56 Å². The van der Waals surface area contributed by atoms with Crippen molar-refractivity contribution < 1.29 is 5.11 Å². The topological polar surface area (TPSA) is 48.7 Å². The number of hydrogen-bond acceptors (Lipinski definition) is 4. The Hall–Kier alpha value is -2.37. The highest BCUT2D eigenvalue weighted by Gasteiger charge is 2.16. The number of likely N-dealkylation sites (N-methyl/N-ethyl adjacent to an activating group) is 1. The lowest BCUT2D eigenvalue weighted by Crippen LogP contribution is -2.43. The number of pyridine rings is 1. The number of aromatic hydroxyl groups is 1. The van der Waals surface area contributed by atoms with Crippen LogP contribution >= 0.6 is 0 Å². The molecule has 1 aromatic heterocycles. The fraction of sp³-hybridized carbons (Fsp3) is 0.381. The molecule has 4 rings (SSSR count). The summed E-state index contributed by atoms with van der Waals surface area (Å²) < 4.78 is 1.63. The molecule has 0 spiro atoms. The van der Waals surface area contributed by atoms with Crippen molar-refractivity contribution in [2.24, 2.45) is 0 Å². The van der Waals surface area contributed by atoms with Gasteiger partial charge in [-0.25, -0.2) is 0 Å². The molecule has 136 valence electrons. The second kappa shape index (κ2) is 7.09. The molecule has 0 saturated carbocycles. The summed E-state index contributed by atoms with van der Waals surface area (Å²) in [5.41, 5.74) is 4.70. The summed E-state index contributed by atoms with van der Waals surface area (Å²) in [4.78, 5) is 17.0. The monoisotopic (exact) mass is 351 g/mol. The van der Waals surface area contributed by atoms with E-state index in [1.807, 2.05) is 0 Å². The van der Waals surface area contributed by atoms with E-state index in [-0.39, 0.29) is 11.3 Å². The van der Waals surface area contributed by atoms with E-state index in [0.29, 0.717) is 0 Å². The van der Waals surface area contributed by atoms with Gasteiger partial charge in [-0.3, -0.25) is 14.3 Å². The summed E-state index contributed by atoms with van der Waals surface area (Å²) >= 11 is 0. The number of piperazine rings is 1. The van der Waals surface area contributed by atoms with E-state index >= 15 is 0 Å². The number of aromatic nitrogens is 1. The van der Waals surface area contributed by atoms with E-state index in [2.05, 4.69) is 41.1 Å². The van der Waals surface area contributed by atoms with Gasteiger partial charge in [0.05, 0.1) is 0 Å². The van der Waals surface area contributed by atoms with E-state index < -0.39 is 0 Å². The molecular formula is C21H25N3O2. The summed E-state index contributed by atoms with van der Waals surface area (Å²) in [6, 6.07) is 9.51. The lowest BCUT2D eigenvalue weighted by atomic mass is 9.93. The predicted octanol–water partition coefficient (Wildman–Crippen LogP) is 2.25. The van der Waals surface area contributed by atoms with Crippen LogP contribution in [0.5, 0.6) is 5.75 Å². The largest absolute Gasteiger partial charge is 0.508 e. The molecule has 2 aromatic rings. The first-order valence-electron chi connectivity index (χ1n) is 9.24. The Morgan fingerprint density at radius 2 is 1.85 bits per heavy atom. The lowest BCUT2D eigenvalue weighted by molar-refractivity contribution is 0.148. The van der Waals surface area contributed by atoms with Gasteiger partial charge in [-0.1, -0.05) is 18.2 Å². The van der Waals surface area contributed by atoms with Crippen LogP contribution in [0.4, 0.5) is 0 Å². The molecule has 0 atom stereocenters. The van der Waals surface area contributed by atoms with E-state index in [1.54, 1.807) is 16.8 Å². The standard InChI is InChI=1S/C21H25N3O2/c1-22-8-10-23(11-9-22)15-16-2-3-18-13-19(5-4-17(18)12-16)24-7-6-20(25)14-21(24)26/h2-3,6-7,12-14,25H,4-5,8-11,15H2,1H3. The summed E-state index contributed by atoms with van der Waals surface area (Å²) in [6.07, 6.45) is 5.51. The Balaban J connectivity index is 1.53. The third-order valence-corrected chi connectivity index (χ3v) is 5.39. The molecule has 1 aromatic carbocycles.